The van der Waals surface area contributed by atoms with E-state index < -0.39 is 0 Å². The molecule has 0 aliphatic heterocycles. The predicted octanol–water partition coefficient (Wildman–Crippen LogP) is 3.34. The van der Waals surface area contributed by atoms with Crippen LogP contribution in [-0.4, -0.2) is 0 Å². The Morgan fingerprint density at radius 2 is 1.85 bits per heavy atom. The van der Waals surface area contributed by atoms with Gasteiger partial charge in [-0.1, -0.05) is 32.4 Å². The molecule has 0 fully saturated rings. The average molecular weight is 289 g/mol. The third-order valence-corrected chi connectivity index (χ3v) is 3.23. The zero-order valence-corrected chi connectivity index (χ0v) is 10.3. The molecule has 1 aromatic carbocycles. The number of rotatable bonds is 3. The van der Waals surface area contributed by atoms with Crippen LogP contribution >= 0.6 is 22.6 Å². The molecule has 0 heterocycles. The highest BCUT2D eigenvalue weighted by atomic mass is 127. The van der Waals surface area contributed by atoms with Gasteiger partial charge < -0.3 is 5.73 Å². The molecule has 72 valence electrons. The Balaban J connectivity index is 2.77. The van der Waals surface area contributed by atoms with Gasteiger partial charge in [0.15, 0.2) is 0 Å². The highest BCUT2D eigenvalue weighted by molar-refractivity contribution is 14.1. The summed E-state index contributed by atoms with van der Waals surface area (Å²) < 4.78 is 1.26. The molecule has 0 aliphatic rings. The summed E-state index contributed by atoms with van der Waals surface area (Å²) >= 11 is 2.31. The lowest BCUT2D eigenvalue weighted by molar-refractivity contribution is 0.457. The Kier molecular flexibility index (Phi) is 4.19. The van der Waals surface area contributed by atoms with Crippen molar-refractivity contribution in [1.82, 2.24) is 0 Å². The van der Waals surface area contributed by atoms with Crippen LogP contribution in [0, 0.1) is 9.49 Å². The van der Waals surface area contributed by atoms with E-state index in [1.807, 2.05) is 0 Å². The first-order valence-electron chi connectivity index (χ1n) is 4.66. The maximum atomic E-state index is 6.10. The molecule has 1 aromatic rings. The first-order valence-corrected chi connectivity index (χ1v) is 5.74. The second-order valence-electron chi connectivity index (χ2n) is 3.46. The van der Waals surface area contributed by atoms with Crippen LogP contribution in [0.15, 0.2) is 24.3 Å². The van der Waals surface area contributed by atoms with E-state index in [1.54, 1.807) is 0 Å². The normalized spacial score (nSPS) is 15.4. The molecule has 13 heavy (non-hydrogen) atoms. The number of halogens is 1. The first-order chi connectivity index (χ1) is 6.15. The molecular formula is C11H16IN. The summed E-state index contributed by atoms with van der Waals surface area (Å²) in [5, 5.41) is 0. The van der Waals surface area contributed by atoms with E-state index in [4.69, 9.17) is 5.73 Å². The van der Waals surface area contributed by atoms with Crippen LogP contribution in [-0.2, 0) is 0 Å². The van der Waals surface area contributed by atoms with E-state index in [2.05, 4.69) is 60.7 Å². The van der Waals surface area contributed by atoms with Crippen molar-refractivity contribution in [2.75, 3.05) is 0 Å². The minimum absolute atomic E-state index is 0.182. The summed E-state index contributed by atoms with van der Waals surface area (Å²) in [6.45, 7) is 4.37. The molecule has 0 amide bonds. The average Bonchev–Trinajstić information content (AvgIpc) is 2.17. The molecule has 0 saturated carbocycles. The molecule has 2 unspecified atom stereocenters. The SMILES string of the molecule is CCC(C)C(N)c1ccc(I)cc1. The van der Waals surface area contributed by atoms with Gasteiger partial charge >= 0.3 is 0 Å². The van der Waals surface area contributed by atoms with Crippen LogP contribution in [0.25, 0.3) is 0 Å². The van der Waals surface area contributed by atoms with Crippen LogP contribution in [0.2, 0.25) is 0 Å². The van der Waals surface area contributed by atoms with Gasteiger partial charge in [-0.15, -0.1) is 0 Å². The number of benzene rings is 1. The van der Waals surface area contributed by atoms with Crippen molar-refractivity contribution >= 4 is 22.6 Å². The molecule has 1 nitrogen and oxygen atoms in total. The van der Waals surface area contributed by atoms with Gasteiger partial charge in [-0.3, -0.25) is 0 Å². The number of hydrogen-bond donors (Lipinski definition) is 1. The molecule has 0 spiro atoms. The molecule has 0 aliphatic carbocycles. The fraction of sp³-hybridized carbons (Fsp3) is 0.455. The van der Waals surface area contributed by atoms with Crippen LogP contribution in [0.5, 0.6) is 0 Å². The molecule has 1 rings (SSSR count). The van der Waals surface area contributed by atoms with E-state index in [0.717, 1.165) is 6.42 Å². The maximum absolute atomic E-state index is 6.10. The molecule has 2 N–H and O–H groups in total. The first kappa shape index (κ1) is 11.0. The topological polar surface area (TPSA) is 26.0 Å². The molecule has 2 heteroatoms. The Morgan fingerprint density at radius 3 is 2.31 bits per heavy atom. The summed E-state index contributed by atoms with van der Waals surface area (Å²) in [4.78, 5) is 0. The molecule has 0 aromatic heterocycles. The largest absolute Gasteiger partial charge is 0.324 e. The summed E-state index contributed by atoms with van der Waals surface area (Å²) in [5.41, 5.74) is 7.34. The van der Waals surface area contributed by atoms with Crippen molar-refractivity contribution in [3.05, 3.63) is 33.4 Å². The Morgan fingerprint density at radius 1 is 1.31 bits per heavy atom. The van der Waals surface area contributed by atoms with E-state index in [1.165, 1.54) is 9.13 Å². The van der Waals surface area contributed by atoms with Gasteiger partial charge in [0.2, 0.25) is 0 Å². The van der Waals surface area contributed by atoms with Crippen molar-refractivity contribution < 1.29 is 0 Å². The molecular weight excluding hydrogens is 273 g/mol. The van der Waals surface area contributed by atoms with E-state index in [-0.39, 0.29) is 6.04 Å². The highest BCUT2D eigenvalue weighted by Crippen LogP contribution is 2.22. The van der Waals surface area contributed by atoms with Gasteiger partial charge in [0.05, 0.1) is 0 Å². The van der Waals surface area contributed by atoms with Crippen LogP contribution in [0.4, 0.5) is 0 Å². The van der Waals surface area contributed by atoms with Crippen molar-refractivity contribution in [3.63, 3.8) is 0 Å². The lowest BCUT2D eigenvalue weighted by Crippen LogP contribution is -2.18. The van der Waals surface area contributed by atoms with Crippen LogP contribution in [0.1, 0.15) is 31.9 Å². The van der Waals surface area contributed by atoms with Gasteiger partial charge in [0.1, 0.15) is 0 Å². The lowest BCUT2D eigenvalue weighted by Gasteiger charge is -2.18. The van der Waals surface area contributed by atoms with Gasteiger partial charge in [-0.25, -0.2) is 0 Å². The number of nitrogens with two attached hydrogens (primary N) is 1. The van der Waals surface area contributed by atoms with Gasteiger partial charge in [0, 0.05) is 9.61 Å². The Labute approximate surface area is 93.9 Å². The zero-order chi connectivity index (χ0) is 9.84. The fourth-order valence-corrected chi connectivity index (χ4v) is 1.63. The lowest BCUT2D eigenvalue weighted by atomic mass is 9.93. The molecule has 0 bridgehead atoms. The molecule has 2 atom stereocenters. The third kappa shape index (κ3) is 2.95. The maximum Gasteiger partial charge on any atom is 0.0320 e. The fourth-order valence-electron chi connectivity index (χ4n) is 1.27. The zero-order valence-electron chi connectivity index (χ0n) is 8.13. The highest BCUT2D eigenvalue weighted by Gasteiger charge is 2.12. The van der Waals surface area contributed by atoms with Crippen molar-refractivity contribution in [1.29, 1.82) is 0 Å². The second kappa shape index (κ2) is 4.96. The third-order valence-electron chi connectivity index (χ3n) is 2.51. The van der Waals surface area contributed by atoms with Gasteiger partial charge in [-0.05, 0) is 46.2 Å². The van der Waals surface area contributed by atoms with E-state index in [0.29, 0.717) is 5.92 Å². The van der Waals surface area contributed by atoms with E-state index in [9.17, 15) is 0 Å². The summed E-state index contributed by atoms with van der Waals surface area (Å²) in [5.74, 6) is 0.556. The number of hydrogen-bond acceptors (Lipinski definition) is 1. The second-order valence-corrected chi connectivity index (χ2v) is 4.71. The Hall–Kier alpha value is -0.0900. The van der Waals surface area contributed by atoms with Gasteiger partial charge in [-0.2, -0.15) is 0 Å². The van der Waals surface area contributed by atoms with Crippen molar-refractivity contribution in [3.8, 4) is 0 Å². The van der Waals surface area contributed by atoms with Crippen molar-refractivity contribution in [2.24, 2.45) is 11.7 Å². The van der Waals surface area contributed by atoms with Gasteiger partial charge in [0.25, 0.3) is 0 Å². The standard InChI is InChI=1S/C11H16IN/c1-3-8(2)11(13)9-4-6-10(12)7-5-9/h4-8,11H,3,13H2,1-2H3. The summed E-state index contributed by atoms with van der Waals surface area (Å²) in [7, 11) is 0. The predicted molar refractivity (Wildman–Crippen MR) is 65.5 cm³/mol. The Bertz CT molecular complexity index is 255. The summed E-state index contributed by atoms with van der Waals surface area (Å²) in [6, 6.07) is 8.65. The quantitative estimate of drug-likeness (QED) is 0.849. The van der Waals surface area contributed by atoms with Crippen molar-refractivity contribution in [2.45, 2.75) is 26.3 Å². The van der Waals surface area contributed by atoms with Crippen LogP contribution < -0.4 is 5.73 Å². The smallest absolute Gasteiger partial charge is 0.0320 e. The van der Waals surface area contributed by atoms with E-state index >= 15 is 0 Å². The minimum atomic E-state index is 0.182. The molecule has 0 saturated heterocycles. The summed E-state index contributed by atoms with van der Waals surface area (Å²) in [6.07, 6.45) is 1.13. The minimum Gasteiger partial charge on any atom is -0.324 e. The monoisotopic (exact) mass is 289 g/mol. The van der Waals surface area contributed by atoms with Crippen LogP contribution in [0.3, 0.4) is 0 Å². The molecule has 0 radical (unpaired) electrons.